The molecule has 5 heteroatoms. The number of ether oxygens (including phenoxy) is 4. The lowest BCUT2D eigenvalue weighted by molar-refractivity contribution is 0.104. The topological polar surface area (TPSA) is 54.0 Å². The van der Waals surface area contributed by atoms with E-state index in [1.165, 1.54) is 0 Å². The van der Waals surface area contributed by atoms with Gasteiger partial charge >= 0.3 is 0 Å². The Bertz CT molecular complexity index is 1760. The first-order chi connectivity index (χ1) is 24.0. The van der Waals surface area contributed by atoms with Crippen LogP contribution >= 0.6 is 0 Å². The van der Waals surface area contributed by atoms with Crippen molar-refractivity contribution in [1.29, 1.82) is 0 Å². The van der Waals surface area contributed by atoms with E-state index in [1.54, 1.807) is 6.08 Å². The van der Waals surface area contributed by atoms with Crippen LogP contribution < -0.4 is 18.9 Å². The van der Waals surface area contributed by atoms with Crippen LogP contribution in [0.5, 0.6) is 23.0 Å². The maximum absolute atomic E-state index is 12.3. The van der Waals surface area contributed by atoms with Gasteiger partial charge in [-0.1, -0.05) is 97.1 Å². The van der Waals surface area contributed by atoms with Gasteiger partial charge in [0, 0.05) is 5.56 Å². The van der Waals surface area contributed by atoms with Gasteiger partial charge in [0.05, 0.1) is 13.2 Å². The average Bonchev–Trinajstić information content (AvgIpc) is 3.15. The Labute approximate surface area is 290 Å². The number of ketones is 1. The molecule has 0 fully saturated rings. The fraction of sp³-hybridized carbons (Fsp3) is 0.205. The predicted molar refractivity (Wildman–Crippen MR) is 200 cm³/mol. The number of hydrogen-bond acceptors (Lipinski definition) is 5. The van der Waals surface area contributed by atoms with E-state index in [2.05, 4.69) is 30.8 Å². The molecule has 0 heterocycles. The van der Waals surface area contributed by atoms with Gasteiger partial charge in [-0.15, -0.1) is 0 Å². The first-order valence-electron chi connectivity index (χ1n) is 16.9. The molecule has 0 amide bonds. The second-order valence-electron chi connectivity index (χ2n) is 11.8. The molecular weight excluding hydrogens is 608 g/mol. The third-order valence-electron chi connectivity index (χ3n) is 7.95. The van der Waals surface area contributed by atoms with Gasteiger partial charge in [-0.2, -0.15) is 0 Å². The van der Waals surface area contributed by atoms with E-state index < -0.39 is 0 Å². The minimum absolute atomic E-state index is 0.0214. The van der Waals surface area contributed by atoms with Gasteiger partial charge in [0.25, 0.3) is 0 Å². The van der Waals surface area contributed by atoms with Crippen molar-refractivity contribution >= 4 is 17.4 Å². The van der Waals surface area contributed by atoms with E-state index >= 15 is 0 Å². The highest BCUT2D eigenvalue weighted by molar-refractivity contribution is 6.06. The van der Waals surface area contributed by atoms with Crippen molar-refractivity contribution in [2.75, 3.05) is 26.4 Å². The summed E-state index contributed by atoms with van der Waals surface area (Å²) in [5.41, 5.74) is 6.05. The molecule has 0 saturated heterocycles. The van der Waals surface area contributed by atoms with E-state index in [4.69, 9.17) is 18.9 Å². The summed E-state index contributed by atoms with van der Waals surface area (Å²) in [5.74, 6) is 3.31. The maximum Gasteiger partial charge on any atom is 0.185 e. The van der Waals surface area contributed by atoms with Gasteiger partial charge in [0.15, 0.2) is 5.78 Å². The summed E-state index contributed by atoms with van der Waals surface area (Å²) in [6, 6.07) is 41.3. The molecule has 0 radical (unpaired) electrons. The van der Waals surface area contributed by atoms with Crippen LogP contribution in [0, 0.1) is 0 Å². The van der Waals surface area contributed by atoms with Crippen molar-refractivity contribution in [3.8, 4) is 34.1 Å². The van der Waals surface area contributed by atoms with E-state index in [9.17, 15) is 4.79 Å². The number of allylic oxidation sites excluding steroid dienone is 2. The van der Waals surface area contributed by atoms with Crippen LogP contribution in [0.15, 0.2) is 140 Å². The Morgan fingerprint density at radius 1 is 0.510 bits per heavy atom. The minimum Gasteiger partial charge on any atom is -0.494 e. The lowest BCUT2D eigenvalue weighted by atomic mass is 10.1. The number of carbonyl (C=O) groups is 1. The summed E-state index contributed by atoms with van der Waals surface area (Å²) in [6.07, 6.45) is 7.67. The highest BCUT2D eigenvalue weighted by Crippen LogP contribution is 2.25. The van der Waals surface area contributed by atoms with Crippen molar-refractivity contribution in [3.63, 3.8) is 0 Å². The van der Waals surface area contributed by atoms with Crippen LogP contribution in [0.4, 0.5) is 0 Å². The van der Waals surface area contributed by atoms with Crippen molar-refractivity contribution in [2.45, 2.75) is 32.6 Å². The van der Waals surface area contributed by atoms with E-state index in [1.807, 2.05) is 116 Å². The van der Waals surface area contributed by atoms with Crippen molar-refractivity contribution < 1.29 is 23.7 Å². The molecule has 0 bridgehead atoms. The van der Waals surface area contributed by atoms with Crippen LogP contribution in [0.3, 0.4) is 0 Å². The Balaban J connectivity index is 0.932. The summed E-state index contributed by atoms with van der Waals surface area (Å²) >= 11 is 0. The number of unbranched alkanes of at least 4 members (excludes halogenated alkanes) is 3. The minimum atomic E-state index is -0.0214. The molecule has 49 heavy (non-hydrogen) atoms. The van der Waals surface area contributed by atoms with Crippen molar-refractivity contribution in [3.05, 3.63) is 157 Å². The summed E-state index contributed by atoms with van der Waals surface area (Å²) in [6.45, 7) is 8.26. The Morgan fingerprint density at radius 2 is 0.939 bits per heavy atom. The number of benzene rings is 5. The number of hydrogen-bond donors (Lipinski definition) is 0. The zero-order valence-electron chi connectivity index (χ0n) is 28.2. The van der Waals surface area contributed by atoms with E-state index in [0.717, 1.165) is 83.1 Å². The lowest BCUT2D eigenvalue weighted by Crippen LogP contribution is -2.08. The Morgan fingerprint density at radius 3 is 1.41 bits per heavy atom. The third-order valence-corrected chi connectivity index (χ3v) is 7.95. The van der Waals surface area contributed by atoms with Gasteiger partial charge in [-0.05, 0) is 109 Å². The van der Waals surface area contributed by atoms with Crippen LogP contribution in [0.1, 0.15) is 54.1 Å². The molecular formula is C44H44O5. The van der Waals surface area contributed by atoms with Gasteiger partial charge in [-0.25, -0.2) is 0 Å². The van der Waals surface area contributed by atoms with Crippen LogP contribution in [0.2, 0.25) is 0 Å². The van der Waals surface area contributed by atoms with Gasteiger partial charge in [0.1, 0.15) is 36.2 Å². The second kappa shape index (κ2) is 18.7. The quantitative estimate of drug-likeness (QED) is 0.0505. The Kier molecular flexibility index (Phi) is 13.3. The molecule has 0 aliphatic rings. The standard InChI is InChI=1S/C44H44O5/c1-34(2)36-15-23-41(24-16-36)46-30-8-3-4-9-31-47-42-25-17-37(18-26-42)38-19-27-43(28-20-38)49-33-32-48-40-21-12-35(13-22-40)14-29-44(45)39-10-6-5-7-11-39/h5-7,10-29H,1,3-4,8-9,30-33H2,2H3. The van der Waals surface area contributed by atoms with Crippen LogP contribution in [0.25, 0.3) is 22.8 Å². The first kappa shape index (κ1) is 34.8. The molecule has 250 valence electrons. The number of rotatable bonds is 19. The lowest BCUT2D eigenvalue weighted by Gasteiger charge is -2.10. The van der Waals surface area contributed by atoms with Crippen LogP contribution in [-0.2, 0) is 0 Å². The summed E-state index contributed by atoms with van der Waals surface area (Å²) in [5, 5.41) is 0. The number of carbonyl (C=O) groups excluding carboxylic acids is 1. The molecule has 0 aliphatic carbocycles. The molecule has 0 atom stereocenters. The Hall–Kier alpha value is -5.55. The van der Waals surface area contributed by atoms with Crippen LogP contribution in [-0.4, -0.2) is 32.2 Å². The summed E-state index contributed by atoms with van der Waals surface area (Å²) in [4.78, 5) is 12.3. The summed E-state index contributed by atoms with van der Waals surface area (Å²) < 4.78 is 23.5. The van der Waals surface area contributed by atoms with Crippen molar-refractivity contribution in [1.82, 2.24) is 0 Å². The molecule has 5 nitrogen and oxygen atoms in total. The van der Waals surface area contributed by atoms with Gasteiger partial charge in [0.2, 0.25) is 0 Å². The van der Waals surface area contributed by atoms with E-state index in [-0.39, 0.29) is 5.78 Å². The largest absolute Gasteiger partial charge is 0.494 e. The zero-order valence-corrected chi connectivity index (χ0v) is 28.2. The molecule has 0 unspecified atom stereocenters. The predicted octanol–water partition coefficient (Wildman–Crippen LogP) is 10.8. The SMILES string of the molecule is C=C(C)c1ccc(OCCCCCCOc2ccc(-c3ccc(OCCOc4ccc(C=CC(=O)c5ccccc5)cc4)cc3)cc2)cc1. The maximum atomic E-state index is 12.3. The summed E-state index contributed by atoms with van der Waals surface area (Å²) in [7, 11) is 0. The van der Waals surface area contributed by atoms with Gasteiger partial charge in [-0.3, -0.25) is 4.79 Å². The highest BCUT2D eigenvalue weighted by atomic mass is 16.5. The molecule has 0 aliphatic heterocycles. The first-order valence-corrected chi connectivity index (χ1v) is 16.9. The molecule has 0 saturated carbocycles. The van der Waals surface area contributed by atoms with Gasteiger partial charge < -0.3 is 18.9 Å². The normalized spacial score (nSPS) is 10.9. The molecule has 5 rings (SSSR count). The smallest absolute Gasteiger partial charge is 0.185 e. The molecule has 0 N–H and O–H groups in total. The molecule has 5 aromatic rings. The molecule has 5 aromatic carbocycles. The zero-order chi connectivity index (χ0) is 34.1. The van der Waals surface area contributed by atoms with Crippen molar-refractivity contribution in [2.24, 2.45) is 0 Å². The third kappa shape index (κ3) is 11.6. The second-order valence-corrected chi connectivity index (χ2v) is 11.8. The fourth-order valence-electron chi connectivity index (χ4n) is 5.13. The molecule has 0 aromatic heterocycles. The monoisotopic (exact) mass is 652 g/mol. The molecule has 0 spiro atoms. The van der Waals surface area contributed by atoms with E-state index in [0.29, 0.717) is 25.4 Å². The average molecular weight is 653 g/mol. The fourth-order valence-corrected chi connectivity index (χ4v) is 5.13. The highest BCUT2D eigenvalue weighted by Gasteiger charge is 2.03.